The smallest absolute Gasteiger partial charge is 0.311 e. The number of ether oxygens (including phenoxy) is 1. The van der Waals surface area contributed by atoms with Crippen molar-refractivity contribution in [2.75, 3.05) is 24.7 Å². The van der Waals surface area contributed by atoms with Crippen molar-refractivity contribution in [1.29, 1.82) is 0 Å². The van der Waals surface area contributed by atoms with E-state index in [4.69, 9.17) is 9.84 Å². The Hall–Kier alpha value is 0.130. The van der Waals surface area contributed by atoms with E-state index in [2.05, 4.69) is 0 Å². The lowest BCUT2D eigenvalue weighted by atomic mass is 10.3. The van der Waals surface area contributed by atoms with Gasteiger partial charge in [-0.05, 0) is 6.42 Å². The lowest BCUT2D eigenvalue weighted by Crippen LogP contribution is -2.43. The standard InChI is InChI=1S/C8H12O3S2/c9-7(10)6-5-11-2-1-8(6)12-3-4-13-8/h6H,1-5H2,(H,9,10)/i7+1,8+1. The maximum atomic E-state index is 11.0. The predicted molar refractivity (Wildman–Crippen MR) is 54.2 cm³/mol. The molecule has 0 aliphatic carbocycles. The van der Waals surface area contributed by atoms with Crippen LogP contribution in [0.3, 0.4) is 0 Å². The molecule has 3 nitrogen and oxygen atoms in total. The zero-order valence-corrected chi connectivity index (χ0v) is 8.83. The number of rotatable bonds is 1. The van der Waals surface area contributed by atoms with Gasteiger partial charge in [0.05, 0.1) is 10.7 Å². The molecule has 1 spiro atoms. The van der Waals surface area contributed by atoms with Crippen LogP contribution < -0.4 is 0 Å². The van der Waals surface area contributed by atoms with Crippen LogP contribution in [-0.2, 0) is 9.53 Å². The molecular formula is C8H12O3S2. The minimum atomic E-state index is -0.707. The number of hydrogen-bond acceptors (Lipinski definition) is 4. The number of carboxylic acids is 1. The fourth-order valence-electron chi connectivity index (χ4n) is 1.79. The molecule has 5 heteroatoms. The van der Waals surface area contributed by atoms with E-state index in [-0.39, 0.29) is 10.00 Å². The Kier molecular flexibility index (Phi) is 2.76. The molecule has 0 bridgehead atoms. The Morgan fingerprint density at radius 1 is 1.46 bits per heavy atom. The molecule has 0 aromatic rings. The van der Waals surface area contributed by atoms with Gasteiger partial charge in [0.1, 0.15) is 5.92 Å². The molecule has 2 rings (SSSR count). The van der Waals surface area contributed by atoms with Gasteiger partial charge in [0.15, 0.2) is 0 Å². The van der Waals surface area contributed by atoms with Crippen molar-refractivity contribution in [1.82, 2.24) is 0 Å². The van der Waals surface area contributed by atoms with E-state index in [0.717, 1.165) is 17.9 Å². The van der Waals surface area contributed by atoms with E-state index in [0.29, 0.717) is 13.2 Å². The fraction of sp³-hybridized carbons (Fsp3) is 0.875. The lowest BCUT2D eigenvalue weighted by Gasteiger charge is -2.36. The fourth-order valence-corrected chi connectivity index (χ4v) is 5.18. The zero-order valence-electron chi connectivity index (χ0n) is 7.19. The molecule has 0 aromatic carbocycles. The van der Waals surface area contributed by atoms with E-state index < -0.39 is 5.97 Å². The van der Waals surface area contributed by atoms with Gasteiger partial charge < -0.3 is 9.84 Å². The highest BCUT2D eigenvalue weighted by Gasteiger charge is 2.48. The summed E-state index contributed by atoms with van der Waals surface area (Å²) in [5, 5.41) is 9.06. The summed E-state index contributed by atoms with van der Waals surface area (Å²) >= 11 is 3.61. The van der Waals surface area contributed by atoms with Gasteiger partial charge in [0.2, 0.25) is 0 Å². The van der Waals surface area contributed by atoms with Crippen molar-refractivity contribution < 1.29 is 14.6 Å². The van der Waals surface area contributed by atoms with Crippen LogP contribution in [0.4, 0.5) is 0 Å². The van der Waals surface area contributed by atoms with Crippen LogP contribution in [0, 0.1) is 5.92 Å². The van der Waals surface area contributed by atoms with Crippen molar-refractivity contribution in [2.24, 2.45) is 5.92 Å². The number of carboxylic acid groups (broad SMARTS) is 1. The maximum absolute atomic E-state index is 11.0. The van der Waals surface area contributed by atoms with Gasteiger partial charge in [-0.1, -0.05) is 0 Å². The summed E-state index contributed by atoms with van der Waals surface area (Å²) in [4.78, 5) is 11.0. The molecule has 0 radical (unpaired) electrons. The minimum Gasteiger partial charge on any atom is -0.481 e. The zero-order chi connectivity index (χ0) is 9.31. The second kappa shape index (κ2) is 3.71. The van der Waals surface area contributed by atoms with Crippen LogP contribution in [0.2, 0.25) is 0 Å². The summed E-state index contributed by atoms with van der Waals surface area (Å²) in [5.41, 5.74) is 0. The second-order valence-electron chi connectivity index (χ2n) is 3.22. The van der Waals surface area contributed by atoms with Crippen molar-refractivity contribution in [3.63, 3.8) is 0 Å². The monoisotopic (exact) mass is 222 g/mol. The molecule has 2 fully saturated rings. The summed E-state index contributed by atoms with van der Waals surface area (Å²) in [5.74, 6) is 1.13. The van der Waals surface area contributed by atoms with E-state index in [9.17, 15) is 4.79 Å². The van der Waals surface area contributed by atoms with Crippen molar-refractivity contribution in [2.45, 2.75) is 10.5 Å². The highest BCUT2D eigenvalue weighted by molar-refractivity contribution is 8.21. The molecule has 0 amide bonds. The summed E-state index contributed by atoms with van der Waals surface area (Å²) in [6.07, 6.45) is 0.874. The number of hydrogen-bond donors (Lipinski definition) is 1. The first-order valence-electron chi connectivity index (χ1n) is 4.33. The maximum Gasteiger partial charge on any atom is 0.311 e. The van der Waals surface area contributed by atoms with Gasteiger partial charge >= 0.3 is 5.97 Å². The SMILES string of the molecule is O=[13C](O)C1COCC[13C]12SCCS2. The first kappa shape index (κ1) is 9.68. The summed E-state index contributed by atoms with van der Waals surface area (Å²) in [7, 11) is 0. The lowest BCUT2D eigenvalue weighted by molar-refractivity contribution is -0.146. The summed E-state index contributed by atoms with van der Waals surface area (Å²) in [6.45, 7) is 1.10. The van der Waals surface area contributed by atoms with Crippen LogP contribution in [0.25, 0.3) is 0 Å². The molecule has 0 saturated carbocycles. The molecule has 2 aliphatic rings. The Morgan fingerprint density at radius 3 is 2.77 bits per heavy atom. The molecule has 2 aliphatic heterocycles. The molecule has 1 unspecified atom stereocenters. The third-order valence-corrected chi connectivity index (χ3v) is 6.22. The van der Waals surface area contributed by atoms with Gasteiger partial charge in [-0.15, -0.1) is 23.5 Å². The largest absolute Gasteiger partial charge is 0.481 e. The molecule has 13 heavy (non-hydrogen) atoms. The van der Waals surface area contributed by atoms with E-state index in [1.807, 2.05) is 0 Å². The molecular weight excluding hydrogens is 210 g/mol. The Bertz CT molecular complexity index is 213. The minimum absolute atomic E-state index is 0.0793. The van der Waals surface area contributed by atoms with Gasteiger partial charge in [-0.25, -0.2) is 0 Å². The van der Waals surface area contributed by atoms with Crippen LogP contribution in [0.5, 0.6) is 0 Å². The van der Waals surface area contributed by atoms with E-state index >= 15 is 0 Å². The summed E-state index contributed by atoms with van der Waals surface area (Å²) < 4.78 is 5.14. The highest BCUT2D eigenvalue weighted by atomic mass is 32.2. The third-order valence-electron chi connectivity index (χ3n) is 2.48. The third kappa shape index (κ3) is 1.69. The normalized spacial score (nSPS) is 32.2. The number of thioether (sulfide) groups is 2. The van der Waals surface area contributed by atoms with E-state index in [1.54, 1.807) is 23.5 Å². The summed E-state index contributed by atoms with van der Waals surface area (Å²) in [6, 6.07) is 0. The van der Waals surface area contributed by atoms with Crippen LogP contribution in [0.15, 0.2) is 0 Å². The molecule has 1 N–H and O–H groups in total. The van der Waals surface area contributed by atoms with E-state index in [1.165, 1.54) is 0 Å². The number of carbonyl (C=O) groups is 1. The molecule has 2 saturated heterocycles. The predicted octanol–water partition coefficient (Wildman–Crippen LogP) is 1.28. The van der Waals surface area contributed by atoms with Gasteiger partial charge in [0, 0.05) is 18.1 Å². The van der Waals surface area contributed by atoms with Crippen molar-refractivity contribution >= 4 is 29.5 Å². The average Bonchev–Trinajstić information content (AvgIpc) is 2.54. The van der Waals surface area contributed by atoms with Crippen LogP contribution in [-0.4, -0.2) is 39.9 Å². The molecule has 0 aromatic heterocycles. The molecule has 74 valence electrons. The highest BCUT2D eigenvalue weighted by Crippen LogP contribution is 2.53. The Morgan fingerprint density at radius 2 is 2.15 bits per heavy atom. The molecule has 2 heterocycles. The van der Waals surface area contributed by atoms with Crippen LogP contribution >= 0.6 is 23.5 Å². The first-order chi connectivity index (χ1) is 6.25. The average molecular weight is 222 g/mol. The van der Waals surface area contributed by atoms with Crippen LogP contribution in [0.1, 0.15) is 6.42 Å². The number of aliphatic carboxylic acids is 1. The Labute approximate surface area is 85.6 Å². The Balaban J connectivity index is 2.16. The molecule has 1 atom stereocenters. The second-order valence-corrected chi connectivity index (χ2v) is 6.33. The quantitative estimate of drug-likeness (QED) is 0.677. The van der Waals surface area contributed by atoms with Crippen molar-refractivity contribution in [3.8, 4) is 0 Å². The van der Waals surface area contributed by atoms with Gasteiger partial charge in [-0.3, -0.25) is 4.79 Å². The van der Waals surface area contributed by atoms with Gasteiger partial charge in [-0.2, -0.15) is 0 Å². The van der Waals surface area contributed by atoms with Gasteiger partial charge in [0.25, 0.3) is 0 Å². The van der Waals surface area contributed by atoms with Crippen molar-refractivity contribution in [3.05, 3.63) is 0 Å². The first-order valence-corrected chi connectivity index (χ1v) is 6.30. The topological polar surface area (TPSA) is 46.5 Å².